The van der Waals surface area contributed by atoms with Crippen molar-refractivity contribution in [2.24, 2.45) is 5.92 Å². The van der Waals surface area contributed by atoms with Gasteiger partial charge in [0, 0.05) is 13.0 Å². The number of carbonyl (C=O) groups is 2. The van der Waals surface area contributed by atoms with Gasteiger partial charge in [-0.05, 0) is 12.3 Å². The Balaban J connectivity index is 3.42. The lowest BCUT2D eigenvalue weighted by Crippen LogP contribution is -2.28. The van der Waals surface area contributed by atoms with Crippen LogP contribution in [0.15, 0.2) is 0 Å². The Hall–Kier alpha value is -1.10. The Morgan fingerprint density at radius 3 is 2.54 bits per heavy atom. The number of carboxylic acids is 1. The lowest BCUT2D eigenvalue weighted by atomic mass is 10.0. The first-order chi connectivity index (χ1) is 6.06. The molecular weight excluding hydrogens is 174 g/mol. The maximum absolute atomic E-state index is 10.5. The summed E-state index contributed by atoms with van der Waals surface area (Å²) in [4.78, 5) is 20.8. The normalized spacial score (nSPS) is 12.2. The Morgan fingerprint density at radius 1 is 1.46 bits per heavy atom. The Morgan fingerprint density at radius 2 is 2.08 bits per heavy atom. The first-order valence-electron chi connectivity index (χ1n) is 4.15. The molecule has 0 fully saturated rings. The predicted octanol–water partition coefficient (Wildman–Crippen LogP) is -0.404. The molecule has 0 heterocycles. The van der Waals surface area contributed by atoms with Crippen LogP contribution >= 0.6 is 0 Å². The van der Waals surface area contributed by atoms with Crippen LogP contribution in [0.5, 0.6) is 0 Å². The van der Waals surface area contributed by atoms with Gasteiger partial charge in [0.2, 0.25) is 5.91 Å². The molecule has 0 aromatic heterocycles. The van der Waals surface area contributed by atoms with E-state index >= 15 is 0 Å². The third kappa shape index (κ3) is 7.27. The van der Waals surface area contributed by atoms with E-state index in [4.69, 9.17) is 10.2 Å². The smallest absolute Gasteiger partial charge is 0.303 e. The van der Waals surface area contributed by atoms with E-state index in [1.165, 1.54) is 0 Å². The van der Waals surface area contributed by atoms with E-state index in [9.17, 15) is 9.59 Å². The molecule has 0 spiro atoms. The summed E-state index contributed by atoms with van der Waals surface area (Å²) < 4.78 is 0. The molecule has 0 saturated carbocycles. The maximum Gasteiger partial charge on any atom is 0.303 e. The molecule has 1 amide bonds. The number of hydrogen-bond donors (Lipinski definition) is 3. The zero-order chi connectivity index (χ0) is 10.3. The standard InChI is InChI=1S/C8H15NO4/c1-6(4-8(12)13)2-3-9-7(11)5-10/h6,10H,2-5H2,1H3,(H,9,11)(H,12,13)/t6-/m1/s1. The monoisotopic (exact) mass is 189 g/mol. The number of rotatable bonds is 6. The minimum absolute atomic E-state index is 0.0384. The number of carboxylic acid groups (broad SMARTS) is 1. The average molecular weight is 189 g/mol. The molecule has 0 unspecified atom stereocenters. The number of carbonyl (C=O) groups excluding carboxylic acids is 1. The van der Waals surface area contributed by atoms with Crippen molar-refractivity contribution in [1.82, 2.24) is 5.32 Å². The van der Waals surface area contributed by atoms with Gasteiger partial charge in [-0.25, -0.2) is 0 Å². The van der Waals surface area contributed by atoms with Crippen LogP contribution in [0, 0.1) is 5.92 Å². The molecule has 3 N–H and O–H groups in total. The van der Waals surface area contributed by atoms with Crippen molar-refractivity contribution < 1.29 is 19.8 Å². The molecule has 0 aliphatic heterocycles. The number of aliphatic carboxylic acids is 1. The summed E-state index contributed by atoms with van der Waals surface area (Å²) in [5.41, 5.74) is 0. The molecule has 0 aliphatic carbocycles. The van der Waals surface area contributed by atoms with Crippen LogP contribution in [0.1, 0.15) is 19.8 Å². The highest BCUT2D eigenvalue weighted by molar-refractivity contribution is 5.76. The van der Waals surface area contributed by atoms with Gasteiger partial charge in [0.15, 0.2) is 0 Å². The minimum atomic E-state index is -0.832. The summed E-state index contributed by atoms with van der Waals surface area (Å²) in [7, 11) is 0. The summed E-state index contributed by atoms with van der Waals surface area (Å²) in [6.45, 7) is 1.69. The van der Waals surface area contributed by atoms with Crippen molar-refractivity contribution in [2.45, 2.75) is 19.8 Å². The van der Waals surface area contributed by atoms with E-state index in [0.717, 1.165) is 0 Å². The molecule has 1 atom stereocenters. The predicted molar refractivity (Wildman–Crippen MR) is 46.1 cm³/mol. The fraction of sp³-hybridized carbons (Fsp3) is 0.750. The first kappa shape index (κ1) is 11.9. The van der Waals surface area contributed by atoms with Gasteiger partial charge in [-0.1, -0.05) is 6.92 Å². The molecule has 5 heteroatoms. The van der Waals surface area contributed by atoms with Crippen molar-refractivity contribution in [2.75, 3.05) is 13.2 Å². The van der Waals surface area contributed by atoms with E-state index in [1.807, 2.05) is 0 Å². The van der Waals surface area contributed by atoms with Crippen molar-refractivity contribution in [1.29, 1.82) is 0 Å². The molecule has 0 aromatic carbocycles. The fourth-order valence-corrected chi connectivity index (χ4v) is 0.914. The van der Waals surface area contributed by atoms with Crippen LogP contribution in [-0.4, -0.2) is 35.2 Å². The van der Waals surface area contributed by atoms with E-state index in [1.54, 1.807) is 6.92 Å². The minimum Gasteiger partial charge on any atom is -0.481 e. The van der Waals surface area contributed by atoms with Crippen LogP contribution in [0.2, 0.25) is 0 Å². The summed E-state index contributed by atoms with van der Waals surface area (Å²) in [6.07, 6.45) is 0.715. The number of hydrogen-bond acceptors (Lipinski definition) is 3. The second kappa shape index (κ2) is 6.42. The molecular formula is C8H15NO4. The molecule has 0 aliphatic rings. The van der Waals surface area contributed by atoms with Crippen molar-refractivity contribution in [3.63, 3.8) is 0 Å². The molecule has 5 nitrogen and oxygen atoms in total. The highest BCUT2D eigenvalue weighted by Crippen LogP contribution is 2.05. The SMILES string of the molecule is C[C@H](CCNC(=O)CO)CC(=O)O. The first-order valence-corrected chi connectivity index (χ1v) is 4.15. The van der Waals surface area contributed by atoms with Crippen LogP contribution in [0.25, 0.3) is 0 Å². The number of nitrogens with one attached hydrogen (secondary N) is 1. The van der Waals surface area contributed by atoms with Gasteiger partial charge in [-0.2, -0.15) is 0 Å². The summed E-state index contributed by atoms with van der Waals surface area (Å²) in [6, 6.07) is 0. The molecule has 0 aromatic rings. The van der Waals surface area contributed by atoms with Gasteiger partial charge in [0.25, 0.3) is 0 Å². The average Bonchev–Trinajstić information content (AvgIpc) is 2.02. The van der Waals surface area contributed by atoms with Crippen LogP contribution < -0.4 is 5.32 Å². The highest BCUT2D eigenvalue weighted by atomic mass is 16.4. The maximum atomic E-state index is 10.5. The number of aliphatic hydroxyl groups excluding tert-OH is 1. The van der Waals surface area contributed by atoms with E-state index in [2.05, 4.69) is 5.32 Å². The zero-order valence-corrected chi connectivity index (χ0v) is 7.62. The van der Waals surface area contributed by atoms with Crippen LogP contribution in [0.3, 0.4) is 0 Å². The molecule has 0 saturated heterocycles. The van der Waals surface area contributed by atoms with Crippen molar-refractivity contribution in [3.05, 3.63) is 0 Å². The van der Waals surface area contributed by atoms with Gasteiger partial charge in [-0.3, -0.25) is 9.59 Å². The lowest BCUT2D eigenvalue weighted by molar-refractivity contribution is -0.138. The zero-order valence-electron chi connectivity index (χ0n) is 7.62. The number of amides is 1. The van der Waals surface area contributed by atoms with Gasteiger partial charge in [0.05, 0.1) is 0 Å². The largest absolute Gasteiger partial charge is 0.481 e. The van der Waals surface area contributed by atoms with E-state index < -0.39 is 18.5 Å². The third-order valence-electron chi connectivity index (χ3n) is 1.63. The van der Waals surface area contributed by atoms with E-state index in [-0.39, 0.29) is 12.3 Å². The molecule has 0 rings (SSSR count). The highest BCUT2D eigenvalue weighted by Gasteiger charge is 2.07. The van der Waals surface area contributed by atoms with Crippen LogP contribution in [-0.2, 0) is 9.59 Å². The van der Waals surface area contributed by atoms with E-state index in [0.29, 0.717) is 13.0 Å². The van der Waals surface area contributed by atoms with Crippen molar-refractivity contribution in [3.8, 4) is 0 Å². The Bertz CT molecular complexity index is 181. The second-order valence-electron chi connectivity index (χ2n) is 3.00. The van der Waals surface area contributed by atoms with Gasteiger partial charge < -0.3 is 15.5 Å². The number of aliphatic hydroxyl groups is 1. The quantitative estimate of drug-likeness (QED) is 0.530. The summed E-state index contributed by atoms with van der Waals surface area (Å²) in [5.74, 6) is -1.22. The van der Waals surface area contributed by atoms with Gasteiger partial charge in [-0.15, -0.1) is 0 Å². The fourth-order valence-electron chi connectivity index (χ4n) is 0.914. The Kier molecular flexibility index (Phi) is 5.88. The third-order valence-corrected chi connectivity index (χ3v) is 1.63. The lowest BCUT2D eigenvalue weighted by Gasteiger charge is -2.08. The molecule has 0 bridgehead atoms. The Labute approximate surface area is 76.8 Å². The summed E-state index contributed by atoms with van der Waals surface area (Å²) >= 11 is 0. The van der Waals surface area contributed by atoms with Gasteiger partial charge >= 0.3 is 5.97 Å². The second-order valence-corrected chi connectivity index (χ2v) is 3.00. The molecule has 76 valence electrons. The van der Waals surface area contributed by atoms with Crippen molar-refractivity contribution >= 4 is 11.9 Å². The van der Waals surface area contributed by atoms with Gasteiger partial charge in [0.1, 0.15) is 6.61 Å². The van der Waals surface area contributed by atoms with Crippen LogP contribution in [0.4, 0.5) is 0 Å². The summed E-state index contributed by atoms with van der Waals surface area (Å²) in [5, 5.41) is 19.2. The molecule has 0 radical (unpaired) electrons. The topological polar surface area (TPSA) is 86.6 Å². The molecule has 13 heavy (non-hydrogen) atoms.